The molecule has 0 aromatic rings. The van der Waals surface area contributed by atoms with E-state index in [4.69, 9.17) is 13.6 Å². The number of carbonyl (C=O) groups is 2. The van der Waals surface area contributed by atoms with E-state index in [0.29, 0.717) is 23.9 Å². The van der Waals surface area contributed by atoms with Gasteiger partial charge in [0.2, 0.25) is 0 Å². The minimum absolute atomic E-state index is 0.0677. The van der Waals surface area contributed by atoms with Gasteiger partial charge in [-0.15, -0.1) is 0 Å². The van der Waals surface area contributed by atoms with Crippen LogP contribution in [0, 0.1) is 0 Å². The third-order valence-electron chi connectivity index (χ3n) is 7.41. The number of phosphoric acid groups is 1. The van der Waals surface area contributed by atoms with Gasteiger partial charge in [-0.25, -0.2) is 4.57 Å². The Balaban J connectivity index is 4.27. The van der Waals surface area contributed by atoms with Crippen molar-refractivity contribution in [1.82, 2.24) is 0 Å². The number of quaternary nitrogens is 1. The van der Waals surface area contributed by atoms with Crippen LogP contribution in [0.3, 0.4) is 0 Å². The van der Waals surface area contributed by atoms with E-state index in [2.05, 4.69) is 13.8 Å². The minimum Gasteiger partial charge on any atom is -0.361 e. The molecule has 0 heterocycles. The maximum absolute atomic E-state index is 13.2. The number of hydrogen-bond donors (Lipinski definition) is 0. The molecule has 41 heavy (non-hydrogen) atoms. The lowest BCUT2D eigenvalue weighted by Crippen LogP contribution is -2.37. The van der Waals surface area contributed by atoms with Crippen LogP contribution in [0.1, 0.15) is 168 Å². The van der Waals surface area contributed by atoms with Gasteiger partial charge in [-0.1, -0.05) is 142 Å². The number of phosphoric ester groups is 1. The molecule has 0 aliphatic rings. The van der Waals surface area contributed by atoms with Crippen LogP contribution in [0.5, 0.6) is 0 Å². The standard InChI is InChI=1S/C33H67NO6P/c1-6-8-10-12-14-16-18-20-22-24-26-28-32(35)39-41(37,38-31-30-34(3,4)5)40-33(36)29-27-25-23-21-19-17-15-13-11-9-7-2/h6-31H2,1-5H3/q+1. The molecule has 0 fully saturated rings. The number of carbonyl (C=O) groups excluding carboxylic acids is 2. The summed E-state index contributed by atoms with van der Waals surface area (Å²) in [5.41, 5.74) is 0. The largest absolute Gasteiger partial charge is 0.592 e. The monoisotopic (exact) mass is 604 g/mol. The van der Waals surface area contributed by atoms with E-state index in [-0.39, 0.29) is 19.4 Å². The van der Waals surface area contributed by atoms with Gasteiger partial charge >= 0.3 is 19.8 Å². The summed E-state index contributed by atoms with van der Waals surface area (Å²) in [6.45, 7) is 5.08. The van der Waals surface area contributed by atoms with Gasteiger partial charge in [-0.3, -0.25) is 14.1 Å². The Hall–Kier alpha value is -0.910. The van der Waals surface area contributed by atoms with Crippen molar-refractivity contribution in [3.05, 3.63) is 0 Å². The van der Waals surface area contributed by atoms with Gasteiger partial charge in [-0.2, -0.15) is 0 Å². The summed E-state index contributed by atoms with van der Waals surface area (Å²) in [5.74, 6) is -1.26. The first-order valence-electron chi connectivity index (χ1n) is 17.1. The first kappa shape index (κ1) is 40.1. The Kier molecular flexibility index (Phi) is 26.1. The molecule has 0 aromatic heterocycles. The quantitative estimate of drug-likeness (QED) is 0.0461. The van der Waals surface area contributed by atoms with Crippen molar-refractivity contribution in [1.29, 1.82) is 0 Å². The van der Waals surface area contributed by atoms with Crippen LogP contribution in [0.25, 0.3) is 0 Å². The van der Waals surface area contributed by atoms with E-state index < -0.39 is 19.8 Å². The van der Waals surface area contributed by atoms with Crippen LogP contribution in [-0.4, -0.2) is 50.7 Å². The summed E-state index contributed by atoms with van der Waals surface area (Å²) in [6.07, 6.45) is 26.2. The lowest BCUT2D eigenvalue weighted by atomic mass is 10.1. The molecule has 0 radical (unpaired) electrons. The summed E-state index contributed by atoms with van der Waals surface area (Å²) in [4.78, 5) is 24.9. The normalized spacial score (nSPS) is 12.0. The van der Waals surface area contributed by atoms with Crippen molar-refractivity contribution in [2.75, 3.05) is 34.3 Å². The number of rotatable bonds is 30. The molecule has 0 unspecified atom stereocenters. The average Bonchev–Trinajstić information content (AvgIpc) is 2.89. The zero-order valence-corrected chi connectivity index (χ0v) is 28.6. The molecule has 0 rings (SSSR count). The minimum atomic E-state index is -4.29. The summed E-state index contributed by atoms with van der Waals surface area (Å²) in [6, 6.07) is 0. The summed E-state index contributed by atoms with van der Waals surface area (Å²) in [5, 5.41) is 0. The van der Waals surface area contributed by atoms with E-state index in [1.165, 1.54) is 103 Å². The highest BCUT2D eigenvalue weighted by atomic mass is 31.2. The molecule has 0 bridgehead atoms. The van der Waals surface area contributed by atoms with Crippen LogP contribution in [0.15, 0.2) is 0 Å². The molecule has 0 spiro atoms. The second kappa shape index (κ2) is 26.7. The molecule has 0 saturated heterocycles. The smallest absolute Gasteiger partial charge is 0.361 e. The lowest BCUT2D eigenvalue weighted by Gasteiger charge is -2.24. The SMILES string of the molecule is CCCCCCCCCCCCCC(=O)OP(=O)(OCC[N+](C)(C)C)OC(=O)CCCCCCCCCCCCC. The van der Waals surface area contributed by atoms with Gasteiger partial charge in [0.1, 0.15) is 13.2 Å². The van der Waals surface area contributed by atoms with Crippen molar-refractivity contribution in [2.24, 2.45) is 0 Å². The van der Waals surface area contributed by atoms with Crippen molar-refractivity contribution in [3.63, 3.8) is 0 Å². The van der Waals surface area contributed by atoms with Gasteiger partial charge in [0.15, 0.2) is 0 Å². The molecule has 244 valence electrons. The van der Waals surface area contributed by atoms with Crippen molar-refractivity contribution < 1.29 is 32.2 Å². The molecule has 0 atom stereocenters. The Morgan fingerprint density at radius 3 is 1.10 bits per heavy atom. The molecule has 0 aliphatic heterocycles. The summed E-state index contributed by atoms with van der Waals surface area (Å²) < 4.78 is 29.5. The van der Waals surface area contributed by atoms with Gasteiger partial charge in [-0.05, 0) is 12.8 Å². The summed E-state index contributed by atoms with van der Waals surface area (Å²) in [7, 11) is 1.64. The lowest BCUT2D eigenvalue weighted by molar-refractivity contribution is -0.870. The fraction of sp³-hybridized carbons (Fsp3) is 0.939. The second-order valence-electron chi connectivity index (χ2n) is 12.8. The number of hydrogen-bond acceptors (Lipinski definition) is 6. The Labute approximate surface area is 254 Å². The highest BCUT2D eigenvalue weighted by Crippen LogP contribution is 2.50. The molecule has 7 nitrogen and oxygen atoms in total. The molecule has 0 amide bonds. The van der Waals surface area contributed by atoms with E-state index in [1.807, 2.05) is 21.1 Å². The molecular weight excluding hydrogens is 537 g/mol. The van der Waals surface area contributed by atoms with Crippen LogP contribution in [0.4, 0.5) is 0 Å². The van der Waals surface area contributed by atoms with Crippen LogP contribution in [0.2, 0.25) is 0 Å². The zero-order chi connectivity index (χ0) is 30.7. The van der Waals surface area contributed by atoms with E-state index in [1.54, 1.807) is 0 Å². The molecule has 0 aromatic carbocycles. The predicted octanol–water partition coefficient (Wildman–Crippen LogP) is 10.3. The first-order chi connectivity index (χ1) is 19.6. The molecule has 0 saturated carbocycles. The van der Waals surface area contributed by atoms with Gasteiger partial charge < -0.3 is 13.5 Å². The fourth-order valence-electron chi connectivity index (χ4n) is 4.71. The van der Waals surface area contributed by atoms with E-state index in [0.717, 1.165) is 25.7 Å². The van der Waals surface area contributed by atoms with Crippen molar-refractivity contribution in [3.8, 4) is 0 Å². The molecule has 0 aliphatic carbocycles. The Morgan fingerprint density at radius 1 is 0.512 bits per heavy atom. The predicted molar refractivity (Wildman–Crippen MR) is 171 cm³/mol. The van der Waals surface area contributed by atoms with Crippen LogP contribution in [-0.2, 0) is 27.7 Å². The maximum atomic E-state index is 13.2. The van der Waals surface area contributed by atoms with E-state index >= 15 is 0 Å². The maximum Gasteiger partial charge on any atom is 0.592 e. The fourth-order valence-corrected chi connectivity index (χ4v) is 5.83. The van der Waals surface area contributed by atoms with Crippen LogP contribution < -0.4 is 0 Å². The topological polar surface area (TPSA) is 78.9 Å². The van der Waals surface area contributed by atoms with Crippen molar-refractivity contribution >= 4 is 19.8 Å². The van der Waals surface area contributed by atoms with Crippen molar-refractivity contribution in [2.45, 2.75) is 168 Å². The number of unbranched alkanes of at least 4 members (excludes halogenated alkanes) is 20. The van der Waals surface area contributed by atoms with Gasteiger partial charge in [0.05, 0.1) is 21.1 Å². The summed E-state index contributed by atoms with van der Waals surface area (Å²) >= 11 is 0. The molecule has 8 heteroatoms. The van der Waals surface area contributed by atoms with Gasteiger partial charge in [0, 0.05) is 12.8 Å². The zero-order valence-electron chi connectivity index (χ0n) is 27.7. The van der Waals surface area contributed by atoms with Crippen LogP contribution >= 0.6 is 7.82 Å². The second-order valence-corrected chi connectivity index (χ2v) is 14.3. The van der Waals surface area contributed by atoms with Gasteiger partial charge in [0.25, 0.3) is 0 Å². The number of nitrogens with zero attached hydrogens (tertiary/aromatic N) is 1. The molecular formula is C33H67NO6P+. The number of likely N-dealkylation sites (N-methyl/N-ethyl adjacent to an activating group) is 1. The Bertz CT molecular complexity index is 635. The Morgan fingerprint density at radius 2 is 0.805 bits per heavy atom. The highest BCUT2D eigenvalue weighted by molar-refractivity contribution is 7.49. The first-order valence-corrected chi connectivity index (χ1v) is 18.6. The third-order valence-corrected chi connectivity index (χ3v) is 8.76. The highest BCUT2D eigenvalue weighted by Gasteiger charge is 2.35. The van der Waals surface area contributed by atoms with E-state index in [9.17, 15) is 14.2 Å². The average molecular weight is 605 g/mol. The molecule has 0 N–H and O–H groups in total. The third kappa shape index (κ3) is 29.0.